The van der Waals surface area contributed by atoms with Crippen molar-refractivity contribution >= 4 is 22.0 Å². The lowest BCUT2D eigenvalue weighted by atomic mass is 9.79. The molecule has 12 heteroatoms. The fourth-order valence-electron chi connectivity index (χ4n) is 5.13. The summed E-state index contributed by atoms with van der Waals surface area (Å²) in [6, 6.07) is 9.54. The molecule has 3 aliphatic rings. The van der Waals surface area contributed by atoms with Crippen LogP contribution >= 0.6 is 0 Å². The van der Waals surface area contributed by atoms with Crippen molar-refractivity contribution in [3.8, 4) is 6.07 Å². The summed E-state index contributed by atoms with van der Waals surface area (Å²) in [5, 5.41) is 18.8. The van der Waals surface area contributed by atoms with E-state index in [1.807, 2.05) is 12.1 Å². The van der Waals surface area contributed by atoms with E-state index in [1.165, 1.54) is 9.21 Å². The van der Waals surface area contributed by atoms with Crippen molar-refractivity contribution in [1.82, 2.24) is 14.7 Å². The van der Waals surface area contributed by atoms with Crippen molar-refractivity contribution in [3.63, 3.8) is 0 Å². The number of piperidine rings is 2. The number of rotatable bonds is 6. The molecule has 194 valence electrons. The highest BCUT2D eigenvalue weighted by atomic mass is 32.2. The zero-order valence-corrected chi connectivity index (χ0v) is 20.7. The van der Waals surface area contributed by atoms with Crippen LogP contribution in [0.4, 0.5) is 4.79 Å². The molecule has 2 amide bonds. The largest absolute Gasteiger partial charge is 0.414 e. The number of hydroxylamine groups is 1. The van der Waals surface area contributed by atoms with Gasteiger partial charge in [-0.25, -0.2) is 23.0 Å². The second-order valence-corrected chi connectivity index (χ2v) is 11.4. The molecule has 0 spiro atoms. The van der Waals surface area contributed by atoms with Crippen LogP contribution < -0.4 is 5.48 Å². The van der Waals surface area contributed by atoms with Crippen LogP contribution in [0.5, 0.6) is 0 Å². The molecule has 1 aromatic carbocycles. The monoisotopic (exact) mass is 518 g/mol. The maximum absolute atomic E-state index is 13.4. The molecule has 0 bridgehead atoms. The Bertz CT molecular complexity index is 1160. The first-order valence-electron chi connectivity index (χ1n) is 11.9. The van der Waals surface area contributed by atoms with Gasteiger partial charge in [-0.1, -0.05) is 18.2 Å². The molecule has 2 fully saturated rings. The third-order valence-electron chi connectivity index (χ3n) is 7.28. The Hall–Kier alpha value is -2.98. The number of nitrogens with one attached hydrogen (secondary N) is 1. The van der Waals surface area contributed by atoms with E-state index in [-0.39, 0.29) is 51.5 Å². The highest BCUT2D eigenvalue weighted by molar-refractivity contribution is 7.89. The third kappa shape index (κ3) is 5.54. The number of hydrogen-bond acceptors (Lipinski definition) is 8. The van der Waals surface area contributed by atoms with E-state index in [0.29, 0.717) is 30.8 Å². The van der Waals surface area contributed by atoms with Crippen LogP contribution in [0.2, 0.25) is 0 Å². The van der Waals surface area contributed by atoms with Gasteiger partial charge >= 0.3 is 6.09 Å². The number of nitriles is 1. The number of nitrogens with zero attached hydrogens (tertiary/aromatic N) is 3. The van der Waals surface area contributed by atoms with Crippen molar-refractivity contribution in [2.75, 3.05) is 45.1 Å². The van der Waals surface area contributed by atoms with Crippen LogP contribution in [0.15, 0.2) is 36.1 Å². The lowest BCUT2D eigenvalue weighted by Gasteiger charge is -2.41. The van der Waals surface area contributed by atoms with Gasteiger partial charge in [0.05, 0.1) is 29.4 Å². The number of amides is 2. The molecular weight excluding hydrogens is 488 g/mol. The van der Waals surface area contributed by atoms with Gasteiger partial charge in [-0.15, -0.1) is 0 Å². The van der Waals surface area contributed by atoms with E-state index in [9.17, 15) is 28.5 Å². The Kier molecular flexibility index (Phi) is 7.94. The Morgan fingerprint density at radius 3 is 2.50 bits per heavy atom. The minimum absolute atomic E-state index is 0.0648. The van der Waals surface area contributed by atoms with Crippen LogP contribution in [0.3, 0.4) is 0 Å². The Morgan fingerprint density at radius 2 is 1.89 bits per heavy atom. The summed E-state index contributed by atoms with van der Waals surface area (Å²) in [5.41, 5.74) is 1.78. The quantitative estimate of drug-likeness (QED) is 0.427. The second kappa shape index (κ2) is 11.0. The number of likely N-dealkylation sites (tertiary alicyclic amines) is 1. The van der Waals surface area contributed by atoms with E-state index in [2.05, 4.69) is 6.07 Å². The molecule has 0 saturated carbocycles. The van der Waals surface area contributed by atoms with Gasteiger partial charge in [0.1, 0.15) is 12.4 Å². The zero-order valence-electron chi connectivity index (χ0n) is 19.9. The summed E-state index contributed by atoms with van der Waals surface area (Å²) < 4.78 is 38.6. The molecule has 0 aromatic heterocycles. The van der Waals surface area contributed by atoms with Gasteiger partial charge in [0.2, 0.25) is 10.0 Å². The van der Waals surface area contributed by atoms with Crippen molar-refractivity contribution in [1.29, 1.82) is 5.26 Å². The summed E-state index contributed by atoms with van der Waals surface area (Å²) in [4.78, 5) is 26.5. The van der Waals surface area contributed by atoms with E-state index in [1.54, 1.807) is 23.7 Å². The molecule has 2 N–H and O–H groups in total. The van der Waals surface area contributed by atoms with E-state index in [4.69, 9.17) is 9.47 Å². The molecule has 4 rings (SSSR count). The average molecular weight is 519 g/mol. The molecule has 0 unspecified atom stereocenters. The summed E-state index contributed by atoms with van der Waals surface area (Å²) in [6.45, 7) is 1.38. The summed E-state index contributed by atoms with van der Waals surface area (Å²) in [5.74, 6) is -0.734. The van der Waals surface area contributed by atoms with Gasteiger partial charge in [-0.3, -0.25) is 10.0 Å². The molecule has 11 nitrogen and oxygen atoms in total. The number of benzene rings is 1. The van der Waals surface area contributed by atoms with Gasteiger partial charge in [0.15, 0.2) is 0 Å². The fourth-order valence-corrected chi connectivity index (χ4v) is 7.20. The van der Waals surface area contributed by atoms with Crippen molar-refractivity contribution in [3.05, 3.63) is 47.2 Å². The topological polar surface area (TPSA) is 149 Å². The van der Waals surface area contributed by atoms with E-state index in [0.717, 1.165) is 5.56 Å². The van der Waals surface area contributed by atoms with Crippen molar-refractivity contribution in [2.45, 2.75) is 31.6 Å². The Labute approximate surface area is 210 Å². The van der Waals surface area contributed by atoms with Crippen LogP contribution in [0, 0.1) is 16.7 Å². The lowest BCUT2D eigenvalue weighted by Crippen LogP contribution is -2.54. The predicted molar refractivity (Wildman–Crippen MR) is 127 cm³/mol. The molecular formula is C24H30N4O7S. The number of hydrogen-bond donors (Lipinski definition) is 2. The smallest absolute Gasteiger partial charge is 0.412 e. The minimum Gasteiger partial charge on any atom is -0.412 e. The second-order valence-electron chi connectivity index (χ2n) is 9.39. The Morgan fingerprint density at radius 1 is 1.19 bits per heavy atom. The van der Waals surface area contributed by atoms with Crippen molar-refractivity contribution in [2.24, 2.45) is 5.41 Å². The Balaban J connectivity index is 1.39. The standard InChI is InChI=1S/C24H30N4O7S/c25-15-19-3-1-2-4-21(19)18-5-10-28(11-6-18)36(32,33)17-24(22(29)26-31)8-12-27(13-9-24)23(30)35-20-7-14-34-16-20/h1-4,7,18,31H,5-6,8-14,16-17H2,(H,26,29). The van der Waals surface area contributed by atoms with Gasteiger partial charge in [-0.05, 0) is 49.3 Å². The molecule has 1 aromatic rings. The van der Waals surface area contributed by atoms with Crippen LogP contribution in [0.25, 0.3) is 0 Å². The molecule has 3 aliphatic heterocycles. The summed E-state index contributed by atoms with van der Waals surface area (Å²) >= 11 is 0. The zero-order chi connectivity index (χ0) is 25.8. The van der Waals surface area contributed by atoms with Gasteiger partial charge in [0, 0.05) is 26.2 Å². The van der Waals surface area contributed by atoms with Crippen LogP contribution in [-0.4, -0.2) is 80.0 Å². The highest BCUT2D eigenvalue weighted by Crippen LogP contribution is 2.37. The van der Waals surface area contributed by atoms with Gasteiger partial charge in [0.25, 0.3) is 5.91 Å². The number of carbonyl (C=O) groups excluding carboxylic acids is 2. The van der Waals surface area contributed by atoms with Crippen LogP contribution in [-0.2, 0) is 24.3 Å². The SMILES string of the molecule is N#Cc1ccccc1C1CCN(S(=O)(=O)CC2(C(=O)NO)CCN(C(=O)OC3=CCOC3)CC2)CC1. The highest BCUT2D eigenvalue weighted by Gasteiger charge is 2.47. The van der Waals surface area contributed by atoms with E-state index >= 15 is 0 Å². The van der Waals surface area contributed by atoms with Gasteiger partial charge in [-0.2, -0.15) is 5.26 Å². The number of ether oxygens (including phenoxy) is 2. The summed E-state index contributed by atoms with van der Waals surface area (Å²) in [6.07, 6.45) is 2.35. The third-order valence-corrected chi connectivity index (χ3v) is 9.35. The van der Waals surface area contributed by atoms with E-state index < -0.39 is 33.2 Å². The first-order chi connectivity index (χ1) is 17.3. The average Bonchev–Trinajstić information content (AvgIpc) is 3.41. The first-order valence-corrected chi connectivity index (χ1v) is 13.5. The maximum atomic E-state index is 13.4. The maximum Gasteiger partial charge on any atom is 0.414 e. The fraction of sp³-hybridized carbons (Fsp3) is 0.542. The molecule has 0 atom stereocenters. The van der Waals surface area contributed by atoms with Crippen LogP contribution in [0.1, 0.15) is 42.7 Å². The normalized spacial score (nSPS) is 20.9. The predicted octanol–water partition coefficient (Wildman–Crippen LogP) is 1.71. The van der Waals surface area contributed by atoms with Gasteiger partial charge < -0.3 is 14.4 Å². The number of carbonyl (C=O) groups is 2. The molecule has 36 heavy (non-hydrogen) atoms. The minimum atomic E-state index is -3.84. The molecule has 0 aliphatic carbocycles. The molecule has 2 saturated heterocycles. The number of sulfonamides is 1. The first kappa shape index (κ1) is 26.1. The lowest BCUT2D eigenvalue weighted by molar-refractivity contribution is -0.141. The summed E-state index contributed by atoms with van der Waals surface area (Å²) in [7, 11) is -3.84. The molecule has 0 radical (unpaired) electrons. The van der Waals surface area contributed by atoms with Crippen molar-refractivity contribution < 1.29 is 32.7 Å². The molecule has 3 heterocycles.